The van der Waals surface area contributed by atoms with Gasteiger partial charge in [-0.3, -0.25) is 0 Å². The van der Waals surface area contributed by atoms with Crippen LogP contribution in [0.4, 0.5) is 0 Å². The molecule has 2 aliphatic carbocycles. The Bertz CT molecular complexity index is 472. The molecule has 0 spiro atoms. The molecule has 0 bridgehead atoms. The molecule has 136 valence electrons. The van der Waals surface area contributed by atoms with Crippen LogP contribution in [-0.4, -0.2) is 13.0 Å². The van der Waals surface area contributed by atoms with Crippen LogP contribution in [0.25, 0.3) is 0 Å². The molecule has 24 heavy (non-hydrogen) atoms. The Balaban J connectivity index is 2.14. The number of hydrogen-bond donors (Lipinski definition) is 0. The molecule has 2 aliphatic rings. The maximum Gasteiger partial charge on any atom is 0.0924 e. The van der Waals surface area contributed by atoms with Crippen LogP contribution in [0.3, 0.4) is 0 Å². The molecule has 0 amide bonds. The van der Waals surface area contributed by atoms with Gasteiger partial charge in [-0.2, -0.15) is 0 Å². The van der Waals surface area contributed by atoms with Gasteiger partial charge in [0, 0.05) is 18.2 Å². The molecule has 1 saturated carbocycles. The van der Waals surface area contributed by atoms with Crippen LogP contribution in [0.2, 0.25) is 0 Å². The highest BCUT2D eigenvalue weighted by atomic mass is 35.5. The van der Waals surface area contributed by atoms with E-state index in [-0.39, 0.29) is 0 Å². The molecule has 0 radical (unpaired) electrons. The van der Waals surface area contributed by atoms with Crippen molar-refractivity contribution in [1.82, 2.24) is 0 Å². The number of methoxy groups -OCH3 is 1. The second-order valence-electron chi connectivity index (χ2n) is 7.75. The van der Waals surface area contributed by atoms with E-state index in [1.807, 2.05) is 0 Å². The van der Waals surface area contributed by atoms with Crippen molar-refractivity contribution in [2.45, 2.75) is 65.2 Å². The molecule has 0 saturated heterocycles. The lowest BCUT2D eigenvalue weighted by molar-refractivity contribution is 0.268. The van der Waals surface area contributed by atoms with Crippen LogP contribution < -0.4 is 0 Å². The third kappa shape index (κ3) is 5.69. The van der Waals surface area contributed by atoms with Gasteiger partial charge in [-0.05, 0) is 55.9 Å². The first-order chi connectivity index (χ1) is 11.6. The summed E-state index contributed by atoms with van der Waals surface area (Å²) in [5.41, 5.74) is 2.74. The lowest BCUT2D eigenvalue weighted by Gasteiger charge is -2.31. The second-order valence-corrected chi connectivity index (χ2v) is 8.01. The van der Waals surface area contributed by atoms with E-state index in [1.165, 1.54) is 49.7 Å². The van der Waals surface area contributed by atoms with Gasteiger partial charge in [-0.15, -0.1) is 11.6 Å². The monoisotopic (exact) mass is 350 g/mol. The Hall–Kier alpha value is -0.690. The van der Waals surface area contributed by atoms with E-state index in [2.05, 4.69) is 32.6 Å². The number of hydrogen-bond acceptors (Lipinski definition) is 1. The predicted molar refractivity (Wildman–Crippen MR) is 105 cm³/mol. The summed E-state index contributed by atoms with van der Waals surface area (Å²) in [4.78, 5) is 0. The molecular weight excluding hydrogens is 316 g/mol. The number of ether oxygens (including phenoxy) is 1. The van der Waals surface area contributed by atoms with E-state index in [0.717, 1.165) is 24.5 Å². The Morgan fingerprint density at radius 1 is 1.38 bits per heavy atom. The number of alkyl halides is 1. The van der Waals surface area contributed by atoms with Crippen molar-refractivity contribution in [1.29, 1.82) is 0 Å². The van der Waals surface area contributed by atoms with Gasteiger partial charge in [-0.1, -0.05) is 50.5 Å². The van der Waals surface area contributed by atoms with Crippen molar-refractivity contribution < 1.29 is 4.74 Å². The van der Waals surface area contributed by atoms with Gasteiger partial charge < -0.3 is 4.74 Å². The Labute approximate surface area is 154 Å². The van der Waals surface area contributed by atoms with Gasteiger partial charge in [-0.25, -0.2) is 0 Å². The standard InChI is InChI=1S/C22H35ClO/c1-5-20-9-7-6-8-19(15-23)14-22(20)17(3)16(2)12-21(24-4)13-18-10-11-18/h12,14,16,18,20,22H,3,5-11,13,15H2,1-2,4H3/b19-14-,21-12?. The Morgan fingerprint density at radius 2 is 2.12 bits per heavy atom. The quantitative estimate of drug-likeness (QED) is 0.263. The molecule has 0 heterocycles. The first-order valence-corrected chi connectivity index (χ1v) is 10.3. The minimum Gasteiger partial charge on any atom is -0.501 e. The highest BCUT2D eigenvalue weighted by Gasteiger charge is 2.27. The zero-order valence-corrected chi connectivity index (χ0v) is 16.6. The molecule has 0 aliphatic heterocycles. The second kappa shape index (κ2) is 9.70. The van der Waals surface area contributed by atoms with E-state index < -0.39 is 0 Å². The fraction of sp³-hybridized carbons (Fsp3) is 0.727. The zero-order valence-electron chi connectivity index (χ0n) is 15.8. The summed E-state index contributed by atoms with van der Waals surface area (Å²) in [6.07, 6.45) is 14.8. The smallest absolute Gasteiger partial charge is 0.0924 e. The van der Waals surface area contributed by atoms with Crippen molar-refractivity contribution in [2.75, 3.05) is 13.0 Å². The number of allylic oxidation sites excluding steroid dienone is 5. The SMILES string of the molecule is C=C(C(C)C=C(CC1CC1)OC)C1/C=C(\CCl)CCCCC1CC. The van der Waals surface area contributed by atoms with Gasteiger partial charge in [0.2, 0.25) is 0 Å². The Kier molecular flexibility index (Phi) is 7.94. The lowest BCUT2D eigenvalue weighted by atomic mass is 9.75. The van der Waals surface area contributed by atoms with Crippen LogP contribution in [0, 0.1) is 23.7 Å². The number of rotatable bonds is 8. The normalized spacial score (nSPS) is 29.2. The fourth-order valence-corrected chi connectivity index (χ4v) is 4.13. The first kappa shape index (κ1) is 19.6. The molecule has 0 N–H and O–H groups in total. The first-order valence-electron chi connectivity index (χ1n) is 9.77. The molecule has 3 atom stereocenters. The summed E-state index contributed by atoms with van der Waals surface area (Å²) in [6.45, 7) is 9.10. The van der Waals surface area contributed by atoms with E-state index >= 15 is 0 Å². The third-order valence-corrected chi connectivity index (χ3v) is 6.18. The molecule has 1 fully saturated rings. The highest BCUT2D eigenvalue weighted by Crippen LogP contribution is 2.38. The van der Waals surface area contributed by atoms with Crippen molar-refractivity contribution in [2.24, 2.45) is 23.7 Å². The van der Waals surface area contributed by atoms with Gasteiger partial charge in [0.15, 0.2) is 0 Å². The van der Waals surface area contributed by atoms with Gasteiger partial charge in [0.05, 0.1) is 12.9 Å². The molecule has 0 aromatic carbocycles. The molecule has 1 nitrogen and oxygen atoms in total. The van der Waals surface area contributed by atoms with Crippen molar-refractivity contribution in [3.63, 3.8) is 0 Å². The van der Waals surface area contributed by atoms with Crippen molar-refractivity contribution in [3.8, 4) is 0 Å². The summed E-state index contributed by atoms with van der Waals surface area (Å²) in [7, 11) is 1.81. The zero-order chi connectivity index (χ0) is 17.5. The van der Waals surface area contributed by atoms with Crippen LogP contribution in [-0.2, 0) is 4.74 Å². The fourth-order valence-electron chi connectivity index (χ4n) is 3.91. The minimum atomic E-state index is 0.352. The molecule has 2 rings (SSSR count). The topological polar surface area (TPSA) is 9.23 Å². The van der Waals surface area contributed by atoms with Crippen LogP contribution in [0.15, 0.2) is 35.6 Å². The van der Waals surface area contributed by atoms with Gasteiger partial charge in [0.1, 0.15) is 0 Å². The van der Waals surface area contributed by atoms with E-state index in [1.54, 1.807) is 7.11 Å². The average Bonchev–Trinajstić information content (AvgIpc) is 3.38. The molecule has 3 unspecified atom stereocenters. The summed E-state index contributed by atoms with van der Waals surface area (Å²) in [5.74, 6) is 4.16. The van der Waals surface area contributed by atoms with Crippen molar-refractivity contribution >= 4 is 11.6 Å². The highest BCUT2D eigenvalue weighted by molar-refractivity contribution is 6.19. The van der Waals surface area contributed by atoms with Crippen LogP contribution >= 0.6 is 11.6 Å². The Morgan fingerprint density at radius 3 is 2.71 bits per heavy atom. The predicted octanol–water partition coefficient (Wildman–Crippen LogP) is 6.89. The summed E-state index contributed by atoms with van der Waals surface area (Å²) >= 11 is 6.19. The molecule has 0 aromatic heterocycles. The van der Waals surface area contributed by atoms with Crippen molar-refractivity contribution in [3.05, 3.63) is 35.6 Å². The van der Waals surface area contributed by atoms with Gasteiger partial charge >= 0.3 is 0 Å². The summed E-state index contributed by atoms with van der Waals surface area (Å²) in [5, 5.41) is 0. The number of halogens is 1. The van der Waals surface area contributed by atoms with Crippen LogP contribution in [0.1, 0.15) is 65.2 Å². The summed E-state index contributed by atoms with van der Waals surface area (Å²) < 4.78 is 5.63. The molecule has 0 aromatic rings. The maximum atomic E-state index is 6.19. The van der Waals surface area contributed by atoms with Gasteiger partial charge in [0.25, 0.3) is 0 Å². The summed E-state index contributed by atoms with van der Waals surface area (Å²) in [6, 6.07) is 0. The van der Waals surface area contributed by atoms with Crippen LogP contribution in [0.5, 0.6) is 0 Å². The van der Waals surface area contributed by atoms with E-state index in [0.29, 0.717) is 23.6 Å². The van der Waals surface area contributed by atoms with E-state index in [4.69, 9.17) is 16.3 Å². The lowest BCUT2D eigenvalue weighted by Crippen LogP contribution is -2.20. The third-order valence-electron chi connectivity index (χ3n) is 5.84. The average molecular weight is 351 g/mol. The molecule has 2 heteroatoms. The minimum absolute atomic E-state index is 0.352. The largest absolute Gasteiger partial charge is 0.501 e. The van der Waals surface area contributed by atoms with E-state index in [9.17, 15) is 0 Å². The maximum absolute atomic E-state index is 6.19. The molecular formula is C22H35ClO.